The molecule has 4 atom stereocenters. The molecule has 29 heavy (non-hydrogen) atoms. The van der Waals surface area contributed by atoms with Gasteiger partial charge in [-0.3, -0.25) is 4.90 Å². The van der Waals surface area contributed by atoms with Crippen LogP contribution in [0.5, 0.6) is 11.5 Å². The molecule has 1 fully saturated rings. The topological polar surface area (TPSA) is 71.4 Å². The Labute approximate surface area is 174 Å². The van der Waals surface area contributed by atoms with E-state index in [1.54, 1.807) is 14.2 Å². The van der Waals surface area contributed by atoms with Crippen molar-refractivity contribution in [3.63, 3.8) is 0 Å². The van der Waals surface area contributed by atoms with E-state index in [0.29, 0.717) is 17.4 Å². The predicted octanol–water partition coefficient (Wildman–Crippen LogP) is 2.80. The fourth-order valence-electron chi connectivity index (χ4n) is 4.79. The van der Waals surface area contributed by atoms with Crippen molar-refractivity contribution < 1.29 is 24.4 Å². The molecule has 0 amide bonds. The lowest BCUT2D eigenvalue weighted by atomic mass is 9.75. The Balaban J connectivity index is 1.77. The van der Waals surface area contributed by atoms with E-state index in [2.05, 4.69) is 31.7 Å². The first-order valence-corrected chi connectivity index (χ1v) is 10.6. The number of fused-ring (bicyclic) bond motifs is 3. The maximum Gasteiger partial charge on any atom is 0.161 e. The van der Waals surface area contributed by atoms with Gasteiger partial charge in [-0.05, 0) is 53.9 Å². The van der Waals surface area contributed by atoms with Crippen molar-refractivity contribution >= 4 is 0 Å². The van der Waals surface area contributed by atoms with E-state index in [0.717, 1.165) is 32.4 Å². The summed E-state index contributed by atoms with van der Waals surface area (Å²) in [6, 6.07) is 4.31. The second kappa shape index (κ2) is 9.21. The molecule has 2 aliphatic heterocycles. The minimum absolute atomic E-state index is 0.158. The van der Waals surface area contributed by atoms with E-state index in [1.807, 2.05) is 6.07 Å². The second-order valence-corrected chi connectivity index (χ2v) is 9.71. The zero-order valence-corrected chi connectivity index (χ0v) is 18.5. The van der Waals surface area contributed by atoms with Gasteiger partial charge in [0, 0.05) is 26.2 Å². The molecule has 0 saturated carbocycles. The Hall–Kier alpha value is -1.34. The minimum atomic E-state index is -0.676. The Morgan fingerprint density at radius 2 is 1.93 bits per heavy atom. The van der Waals surface area contributed by atoms with Crippen LogP contribution < -0.4 is 9.47 Å². The van der Waals surface area contributed by atoms with Gasteiger partial charge in [0.25, 0.3) is 0 Å². The van der Waals surface area contributed by atoms with E-state index in [-0.39, 0.29) is 30.8 Å². The van der Waals surface area contributed by atoms with Crippen molar-refractivity contribution in [2.45, 2.75) is 58.3 Å². The molecule has 1 aromatic carbocycles. The molecule has 2 aliphatic rings. The Kier molecular flexibility index (Phi) is 7.10. The quantitative estimate of drug-likeness (QED) is 0.724. The van der Waals surface area contributed by atoms with Crippen LogP contribution in [0.15, 0.2) is 12.1 Å². The van der Waals surface area contributed by atoms with E-state index >= 15 is 0 Å². The molecule has 3 rings (SSSR count). The molecule has 0 aliphatic carbocycles. The summed E-state index contributed by atoms with van der Waals surface area (Å²) < 4.78 is 16.4. The van der Waals surface area contributed by atoms with E-state index < -0.39 is 6.10 Å². The lowest BCUT2D eigenvalue weighted by molar-refractivity contribution is -0.0259. The first kappa shape index (κ1) is 22.3. The van der Waals surface area contributed by atoms with Crippen LogP contribution in [-0.4, -0.2) is 67.8 Å². The summed E-state index contributed by atoms with van der Waals surface area (Å²) in [5.41, 5.74) is 2.69. The highest BCUT2D eigenvalue weighted by atomic mass is 16.5. The first-order chi connectivity index (χ1) is 13.7. The molecule has 0 radical (unpaired) electrons. The number of methoxy groups -OCH3 is 2. The SMILES string of the molecule is COC[C@H](O)COc1cc2c(cc1OC)C1CC(O)C(CC(C)(C)C)CN1CC2. The number of hydrogen-bond donors (Lipinski definition) is 2. The van der Waals surface area contributed by atoms with Crippen LogP contribution in [0.25, 0.3) is 0 Å². The fraction of sp³-hybridized carbons (Fsp3) is 0.739. The van der Waals surface area contributed by atoms with E-state index in [9.17, 15) is 10.2 Å². The normalized spacial score (nSPS) is 25.8. The van der Waals surface area contributed by atoms with Crippen molar-refractivity contribution in [2.75, 3.05) is 40.5 Å². The number of rotatable bonds is 7. The number of ether oxygens (including phenoxy) is 3. The van der Waals surface area contributed by atoms with Gasteiger partial charge in [-0.1, -0.05) is 20.8 Å². The third kappa shape index (κ3) is 5.43. The molecule has 0 spiro atoms. The van der Waals surface area contributed by atoms with Crippen LogP contribution in [0, 0.1) is 11.3 Å². The fourth-order valence-corrected chi connectivity index (χ4v) is 4.79. The molecular formula is C23H37NO5. The van der Waals surface area contributed by atoms with Crippen molar-refractivity contribution in [2.24, 2.45) is 11.3 Å². The van der Waals surface area contributed by atoms with Crippen molar-refractivity contribution in [3.05, 3.63) is 23.3 Å². The Bertz CT molecular complexity index is 687. The molecule has 1 aromatic rings. The van der Waals surface area contributed by atoms with Crippen molar-refractivity contribution in [3.8, 4) is 11.5 Å². The summed E-state index contributed by atoms with van der Waals surface area (Å²) in [5, 5.41) is 20.7. The van der Waals surface area contributed by atoms with Gasteiger partial charge in [0.15, 0.2) is 11.5 Å². The van der Waals surface area contributed by atoms with E-state index in [1.165, 1.54) is 11.1 Å². The van der Waals surface area contributed by atoms with Crippen LogP contribution in [-0.2, 0) is 11.2 Å². The average molecular weight is 408 g/mol. The lowest BCUT2D eigenvalue weighted by Gasteiger charge is -2.47. The molecule has 3 unspecified atom stereocenters. The minimum Gasteiger partial charge on any atom is -0.493 e. The summed E-state index contributed by atoms with van der Waals surface area (Å²) in [6.45, 7) is 9.05. The number of hydrogen-bond acceptors (Lipinski definition) is 6. The molecule has 0 aromatic heterocycles. The van der Waals surface area contributed by atoms with Crippen molar-refractivity contribution in [1.82, 2.24) is 4.90 Å². The van der Waals surface area contributed by atoms with Gasteiger partial charge < -0.3 is 24.4 Å². The number of piperidine rings is 1. The monoisotopic (exact) mass is 407 g/mol. The Morgan fingerprint density at radius 3 is 2.59 bits per heavy atom. The van der Waals surface area contributed by atoms with Gasteiger partial charge in [-0.25, -0.2) is 0 Å². The number of aliphatic hydroxyl groups is 2. The molecule has 164 valence electrons. The summed E-state index contributed by atoms with van der Waals surface area (Å²) >= 11 is 0. The second-order valence-electron chi connectivity index (χ2n) is 9.71. The largest absolute Gasteiger partial charge is 0.493 e. The smallest absolute Gasteiger partial charge is 0.161 e. The molecule has 6 nitrogen and oxygen atoms in total. The molecule has 2 N–H and O–H groups in total. The van der Waals surface area contributed by atoms with Crippen LogP contribution >= 0.6 is 0 Å². The van der Waals surface area contributed by atoms with Gasteiger partial charge in [0.2, 0.25) is 0 Å². The van der Waals surface area contributed by atoms with Crippen LogP contribution in [0.4, 0.5) is 0 Å². The molecule has 0 bridgehead atoms. The summed E-state index contributed by atoms with van der Waals surface area (Å²) in [7, 11) is 3.19. The molecular weight excluding hydrogens is 370 g/mol. The van der Waals surface area contributed by atoms with Gasteiger partial charge in [0.1, 0.15) is 12.7 Å². The highest BCUT2D eigenvalue weighted by molar-refractivity contribution is 5.49. The zero-order chi connectivity index (χ0) is 21.2. The highest BCUT2D eigenvalue weighted by Gasteiger charge is 2.39. The predicted molar refractivity (Wildman–Crippen MR) is 113 cm³/mol. The number of benzene rings is 1. The first-order valence-electron chi connectivity index (χ1n) is 10.6. The van der Waals surface area contributed by atoms with Gasteiger partial charge in [-0.15, -0.1) is 0 Å². The summed E-state index contributed by atoms with van der Waals surface area (Å²) in [6.07, 6.45) is 1.77. The standard InChI is InChI=1S/C23H37NO5/c1-23(2,3)11-16-12-24-7-6-15-8-22(29-14-17(25)13-27-4)21(28-5)9-18(15)19(24)10-20(16)26/h8-9,16-17,19-20,25-26H,6-7,10-14H2,1-5H3/t16?,17-,19?,20?/m0/s1. The Morgan fingerprint density at radius 1 is 1.17 bits per heavy atom. The average Bonchev–Trinajstić information content (AvgIpc) is 2.65. The summed E-state index contributed by atoms with van der Waals surface area (Å²) in [4.78, 5) is 2.52. The molecule has 6 heteroatoms. The third-order valence-corrected chi connectivity index (χ3v) is 6.04. The third-order valence-electron chi connectivity index (χ3n) is 6.04. The molecule has 2 heterocycles. The summed E-state index contributed by atoms with van der Waals surface area (Å²) in [5.74, 6) is 1.64. The van der Waals surface area contributed by atoms with Crippen LogP contribution in [0.3, 0.4) is 0 Å². The van der Waals surface area contributed by atoms with Gasteiger partial charge in [-0.2, -0.15) is 0 Å². The van der Waals surface area contributed by atoms with E-state index in [4.69, 9.17) is 14.2 Å². The number of aliphatic hydroxyl groups excluding tert-OH is 2. The maximum absolute atomic E-state index is 10.9. The maximum atomic E-state index is 10.9. The van der Waals surface area contributed by atoms with Crippen molar-refractivity contribution in [1.29, 1.82) is 0 Å². The zero-order valence-electron chi connectivity index (χ0n) is 18.5. The highest BCUT2D eigenvalue weighted by Crippen LogP contribution is 2.44. The van der Waals surface area contributed by atoms with Crippen LogP contribution in [0.1, 0.15) is 50.8 Å². The van der Waals surface area contributed by atoms with Gasteiger partial charge in [0.05, 0.1) is 19.8 Å². The number of nitrogens with zero attached hydrogens (tertiary/aromatic N) is 1. The molecule has 1 saturated heterocycles. The lowest BCUT2D eigenvalue weighted by Crippen LogP contribution is -2.48. The van der Waals surface area contributed by atoms with Crippen LogP contribution in [0.2, 0.25) is 0 Å². The van der Waals surface area contributed by atoms with Gasteiger partial charge >= 0.3 is 0 Å².